The van der Waals surface area contributed by atoms with E-state index in [9.17, 15) is 4.79 Å². The average molecular weight is 306 g/mol. The van der Waals surface area contributed by atoms with Gasteiger partial charge < -0.3 is 19.7 Å². The number of hydrogen-bond donors (Lipinski definition) is 1. The molecule has 0 saturated carbocycles. The number of benzene rings is 1. The third-order valence-electron chi connectivity index (χ3n) is 3.63. The smallest absolute Gasteiger partial charge is 0.410 e. The molecule has 0 spiro atoms. The molecule has 0 aliphatic carbocycles. The molecule has 0 unspecified atom stereocenters. The zero-order chi connectivity index (χ0) is 16.2. The molecule has 1 atom stereocenters. The van der Waals surface area contributed by atoms with E-state index < -0.39 is 5.60 Å². The number of ether oxygens (including phenoxy) is 2. The zero-order valence-corrected chi connectivity index (χ0v) is 13.9. The maximum Gasteiger partial charge on any atom is 0.410 e. The second-order valence-electron chi connectivity index (χ2n) is 6.55. The van der Waals surface area contributed by atoms with Crippen molar-refractivity contribution in [3.05, 3.63) is 29.8 Å². The summed E-state index contributed by atoms with van der Waals surface area (Å²) in [4.78, 5) is 14.2. The van der Waals surface area contributed by atoms with Gasteiger partial charge in [0.05, 0.1) is 13.2 Å². The Balaban J connectivity index is 2.11. The van der Waals surface area contributed by atoms with Crippen LogP contribution < -0.4 is 10.1 Å². The molecule has 5 heteroatoms. The van der Waals surface area contributed by atoms with Gasteiger partial charge in [-0.3, -0.25) is 0 Å². The molecule has 1 saturated heterocycles. The normalized spacial score (nSPS) is 18.9. The highest BCUT2D eigenvalue weighted by molar-refractivity contribution is 5.69. The highest BCUT2D eigenvalue weighted by Gasteiger charge is 2.30. The van der Waals surface area contributed by atoms with Crippen LogP contribution in [0.3, 0.4) is 0 Å². The van der Waals surface area contributed by atoms with Crippen molar-refractivity contribution in [2.45, 2.75) is 38.8 Å². The molecule has 0 radical (unpaired) electrons. The van der Waals surface area contributed by atoms with Gasteiger partial charge in [0.25, 0.3) is 0 Å². The van der Waals surface area contributed by atoms with Crippen LogP contribution in [0.15, 0.2) is 24.3 Å². The summed E-state index contributed by atoms with van der Waals surface area (Å²) in [5.41, 5.74) is 0.629. The van der Waals surface area contributed by atoms with Crippen molar-refractivity contribution >= 4 is 6.09 Å². The number of methoxy groups -OCH3 is 1. The summed E-state index contributed by atoms with van der Waals surface area (Å²) in [6, 6.07) is 8.00. The van der Waals surface area contributed by atoms with Crippen molar-refractivity contribution in [2.24, 2.45) is 0 Å². The molecule has 0 bridgehead atoms. The van der Waals surface area contributed by atoms with E-state index in [0.717, 1.165) is 30.8 Å². The first-order valence-corrected chi connectivity index (χ1v) is 7.73. The lowest BCUT2D eigenvalue weighted by atomic mass is 10.0. The second kappa shape index (κ2) is 7.01. The molecule has 1 heterocycles. The Kier molecular flexibility index (Phi) is 5.29. The minimum atomic E-state index is -0.475. The summed E-state index contributed by atoms with van der Waals surface area (Å²) in [6.07, 6.45) is 0.505. The van der Waals surface area contributed by atoms with Crippen LogP contribution in [0.2, 0.25) is 0 Å². The Labute approximate surface area is 132 Å². The van der Waals surface area contributed by atoms with Crippen LogP contribution in [0.1, 0.15) is 26.3 Å². The van der Waals surface area contributed by atoms with Crippen LogP contribution in [0.5, 0.6) is 5.75 Å². The van der Waals surface area contributed by atoms with E-state index >= 15 is 0 Å². The molecule has 5 nitrogen and oxygen atoms in total. The first kappa shape index (κ1) is 16.6. The van der Waals surface area contributed by atoms with Crippen molar-refractivity contribution in [3.63, 3.8) is 0 Å². The van der Waals surface area contributed by atoms with Gasteiger partial charge in [-0.05, 0) is 38.8 Å². The maximum atomic E-state index is 12.4. The number of amides is 1. The topological polar surface area (TPSA) is 50.8 Å². The number of carbonyl (C=O) groups excluding carboxylic acids is 1. The lowest BCUT2D eigenvalue weighted by Gasteiger charge is -2.37. The van der Waals surface area contributed by atoms with Gasteiger partial charge in [0.2, 0.25) is 0 Å². The molecule has 1 aromatic rings. The minimum Gasteiger partial charge on any atom is -0.496 e. The van der Waals surface area contributed by atoms with Crippen LogP contribution in [0.25, 0.3) is 0 Å². The monoisotopic (exact) mass is 306 g/mol. The van der Waals surface area contributed by atoms with Crippen LogP contribution in [-0.4, -0.2) is 49.4 Å². The standard InChI is InChI=1S/C17H26N2O3/c1-17(2,3)22-16(20)19-10-9-18-12-14(19)11-13-7-5-6-8-15(13)21-4/h5-8,14,18H,9-12H2,1-4H3/t14-/m1/s1. The van der Waals surface area contributed by atoms with E-state index in [1.165, 1.54) is 0 Å². The van der Waals surface area contributed by atoms with Crippen molar-refractivity contribution < 1.29 is 14.3 Å². The molecule has 1 N–H and O–H groups in total. The Morgan fingerprint density at radius 3 is 2.77 bits per heavy atom. The maximum absolute atomic E-state index is 12.4. The van der Waals surface area contributed by atoms with Gasteiger partial charge in [0, 0.05) is 19.6 Å². The molecule has 1 aromatic carbocycles. The minimum absolute atomic E-state index is 0.0694. The van der Waals surface area contributed by atoms with Crippen LogP contribution in [0.4, 0.5) is 4.79 Å². The lowest BCUT2D eigenvalue weighted by Crippen LogP contribution is -2.55. The quantitative estimate of drug-likeness (QED) is 0.932. The molecular formula is C17H26N2O3. The van der Waals surface area contributed by atoms with E-state index in [-0.39, 0.29) is 12.1 Å². The van der Waals surface area contributed by atoms with Crippen molar-refractivity contribution in [1.29, 1.82) is 0 Å². The highest BCUT2D eigenvalue weighted by atomic mass is 16.6. The summed E-state index contributed by atoms with van der Waals surface area (Å²) >= 11 is 0. The largest absolute Gasteiger partial charge is 0.496 e. The fourth-order valence-corrected chi connectivity index (χ4v) is 2.63. The van der Waals surface area contributed by atoms with E-state index in [0.29, 0.717) is 6.54 Å². The molecular weight excluding hydrogens is 280 g/mol. The molecule has 2 rings (SSSR count). The van der Waals surface area contributed by atoms with Gasteiger partial charge in [0.15, 0.2) is 0 Å². The Morgan fingerprint density at radius 1 is 1.36 bits per heavy atom. The van der Waals surface area contributed by atoms with Crippen LogP contribution >= 0.6 is 0 Å². The fraction of sp³-hybridized carbons (Fsp3) is 0.588. The van der Waals surface area contributed by atoms with Crippen molar-refractivity contribution in [3.8, 4) is 5.75 Å². The summed E-state index contributed by atoms with van der Waals surface area (Å²) < 4.78 is 10.9. The van der Waals surface area contributed by atoms with Gasteiger partial charge in [-0.25, -0.2) is 4.79 Å². The lowest BCUT2D eigenvalue weighted by molar-refractivity contribution is 0.0121. The third kappa shape index (κ3) is 4.37. The van der Waals surface area contributed by atoms with Gasteiger partial charge in [0.1, 0.15) is 11.4 Å². The predicted octanol–water partition coefficient (Wildman–Crippen LogP) is 2.45. The second-order valence-corrected chi connectivity index (χ2v) is 6.55. The Bertz CT molecular complexity index is 511. The Morgan fingerprint density at radius 2 is 2.09 bits per heavy atom. The summed E-state index contributed by atoms with van der Waals surface area (Å²) in [6.45, 7) is 7.89. The van der Waals surface area contributed by atoms with E-state index in [1.807, 2.05) is 49.9 Å². The first-order chi connectivity index (χ1) is 10.4. The van der Waals surface area contributed by atoms with E-state index in [1.54, 1.807) is 7.11 Å². The molecule has 1 aliphatic rings. The third-order valence-corrected chi connectivity index (χ3v) is 3.63. The van der Waals surface area contributed by atoms with Gasteiger partial charge in [-0.1, -0.05) is 18.2 Å². The van der Waals surface area contributed by atoms with Gasteiger partial charge >= 0.3 is 6.09 Å². The number of para-hydroxylation sites is 1. The van der Waals surface area contributed by atoms with E-state index in [4.69, 9.17) is 9.47 Å². The molecule has 0 aromatic heterocycles. The van der Waals surface area contributed by atoms with Gasteiger partial charge in [-0.15, -0.1) is 0 Å². The van der Waals surface area contributed by atoms with Crippen LogP contribution in [-0.2, 0) is 11.2 Å². The van der Waals surface area contributed by atoms with Gasteiger partial charge in [-0.2, -0.15) is 0 Å². The molecule has 1 fully saturated rings. The van der Waals surface area contributed by atoms with Crippen LogP contribution in [0, 0.1) is 0 Å². The number of piperazine rings is 1. The Hall–Kier alpha value is -1.75. The zero-order valence-electron chi connectivity index (χ0n) is 13.9. The first-order valence-electron chi connectivity index (χ1n) is 7.73. The summed E-state index contributed by atoms with van der Waals surface area (Å²) in [5.74, 6) is 0.859. The number of nitrogens with one attached hydrogen (secondary N) is 1. The molecule has 1 amide bonds. The summed E-state index contributed by atoms with van der Waals surface area (Å²) in [5, 5.41) is 3.35. The molecule has 22 heavy (non-hydrogen) atoms. The number of hydrogen-bond acceptors (Lipinski definition) is 4. The SMILES string of the molecule is COc1ccccc1C[C@@H]1CNCCN1C(=O)OC(C)(C)C. The highest BCUT2D eigenvalue weighted by Crippen LogP contribution is 2.22. The number of rotatable bonds is 3. The molecule has 1 aliphatic heterocycles. The molecule has 122 valence electrons. The van der Waals surface area contributed by atoms with Crippen molar-refractivity contribution in [2.75, 3.05) is 26.7 Å². The average Bonchev–Trinajstić information content (AvgIpc) is 2.46. The summed E-state index contributed by atoms with van der Waals surface area (Å²) in [7, 11) is 1.67. The number of nitrogens with zero attached hydrogens (tertiary/aromatic N) is 1. The van der Waals surface area contributed by atoms with Crippen molar-refractivity contribution in [1.82, 2.24) is 10.2 Å². The fourth-order valence-electron chi connectivity index (χ4n) is 2.63. The van der Waals surface area contributed by atoms with E-state index in [2.05, 4.69) is 5.32 Å². The predicted molar refractivity (Wildman–Crippen MR) is 86.3 cm³/mol. The number of carbonyl (C=O) groups is 1.